The van der Waals surface area contributed by atoms with Gasteiger partial charge in [0, 0.05) is 44.6 Å². The van der Waals surface area contributed by atoms with Crippen LogP contribution in [0.1, 0.15) is 11.1 Å². The Labute approximate surface area is 158 Å². The number of carbonyl (C=O) groups excluding carboxylic acids is 2. The molecule has 0 bridgehead atoms. The summed E-state index contributed by atoms with van der Waals surface area (Å²) in [5, 5.41) is 0. The number of carbonyl (C=O) groups is 2. The lowest BCUT2D eigenvalue weighted by Crippen LogP contribution is -2.50. The number of benzene rings is 1. The SMILES string of the molecule is Cc1ccc(/C=C/C(=O)OCC(=O)N2CCN(c3ncccn3)CC2)cc1. The third kappa shape index (κ3) is 5.37. The molecule has 0 unspecified atom stereocenters. The molecule has 0 aliphatic carbocycles. The second kappa shape index (κ2) is 8.93. The maximum absolute atomic E-state index is 12.2. The van der Waals surface area contributed by atoms with E-state index in [2.05, 4.69) is 9.97 Å². The van der Waals surface area contributed by atoms with Gasteiger partial charge in [0.15, 0.2) is 6.61 Å². The van der Waals surface area contributed by atoms with Crippen molar-refractivity contribution >= 4 is 23.9 Å². The van der Waals surface area contributed by atoms with E-state index in [4.69, 9.17) is 4.74 Å². The van der Waals surface area contributed by atoms with Crippen LogP contribution in [0.4, 0.5) is 5.95 Å². The van der Waals surface area contributed by atoms with Gasteiger partial charge in [-0.25, -0.2) is 14.8 Å². The minimum atomic E-state index is -0.528. The lowest BCUT2D eigenvalue weighted by molar-refractivity contribution is -0.148. The van der Waals surface area contributed by atoms with Gasteiger partial charge in [-0.3, -0.25) is 4.79 Å². The van der Waals surface area contributed by atoms with E-state index in [0.29, 0.717) is 32.1 Å². The summed E-state index contributed by atoms with van der Waals surface area (Å²) < 4.78 is 5.06. The van der Waals surface area contributed by atoms with Gasteiger partial charge in [0.2, 0.25) is 5.95 Å². The summed E-state index contributed by atoms with van der Waals surface area (Å²) in [7, 11) is 0. The van der Waals surface area contributed by atoms with Gasteiger partial charge in [-0.1, -0.05) is 29.8 Å². The lowest BCUT2D eigenvalue weighted by Gasteiger charge is -2.34. The van der Waals surface area contributed by atoms with Crippen LogP contribution in [-0.4, -0.2) is 59.5 Å². The molecule has 1 aliphatic rings. The van der Waals surface area contributed by atoms with Crippen LogP contribution in [0.15, 0.2) is 48.8 Å². The summed E-state index contributed by atoms with van der Waals surface area (Å²) in [6.07, 6.45) is 6.40. The van der Waals surface area contributed by atoms with Gasteiger partial charge in [0.1, 0.15) is 0 Å². The summed E-state index contributed by atoms with van der Waals surface area (Å²) in [4.78, 5) is 36.2. The molecule has 1 fully saturated rings. The Bertz CT molecular complexity index is 798. The van der Waals surface area contributed by atoms with Gasteiger partial charge in [0.25, 0.3) is 5.91 Å². The molecule has 1 aromatic carbocycles. The van der Waals surface area contributed by atoms with E-state index >= 15 is 0 Å². The van der Waals surface area contributed by atoms with E-state index in [-0.39, 0.29) is 12.5 Å². The van der Waals surface area contributed by atoms with Gasteiger partial charge < -0.3 is 14.5 Å². The van der Waals surface area contributed by atoms with Crippen LogP contribution in [0.25, 0.3) is 6.08 Å². The molecule has 0 N–H and O–H groups in total. The molecule has 7 nitrogen and oxygen atoms in total. The minimum Gasteiger partial charge on any atom is -0.452 e. The molecule has 1 amide bonds. The Kier molecular flexibility index (Phi) is 6.14. The third-order valence-electron chi connectivity index (χ3n) is 4.29. The van der Waals surface area contributed by atoms with Crippen LogP contribution in [0.5, 0.6) is 0 Å². The zero-order valence-corrected chi connectivity index (χ0v) is 15.2. The number of esters is 1. The molecule has 1 saturated heterocycles. The molecule has 27 heavy (non-hydrogen) atoms. The number of nitrogens with zero attached hydrogens (tertiary/aromatic N) is 4. The zero-order chi connectivity index (χ0) is 19.1. The van der Waals surface area contributed by atoms with Crippen molar-refractivity contribution in [2.75, 3.05) is 37.7 Å². The second-order valence-corrected chi connectivity index (χ2v) is 6.27. The Morgan fingerprint density at radius 2 is 1.74 bits per heavy atom. The first-order valence-electron chi connectivity index (χ1n) is 8.83. The predicted octanol–water partition coefficient (Wildman–Crippen LogP) is 1.69. The van der Waals surface area contributed by atoms with Crippen molar-refractivity contribution in [2.24, 2.45) is 0 Å². The Balaban J connectivity index is 1.42. The molecule has 2 aromatic rings. The summed E-state index contributed by atoms with van der Waals surface area (Å²) in [6, 6.07) is 9.54. The van der Waals surface area contributed by atoms with Gasteiger partial charge in [-0.15, -0.1) is 0 Å². The van der Waals surface area contributed by atoms with E-state index < -0.39 is 5.97 Å². The van der Waals surface area contributed by atoms with Crippen LogP contribution < -0.4 is 4.90 Å². The number of aromatic nitrogens is 2. The van der Waals surface area contributed by atoms with Crippen molar-refractivity contribution in [1.82, 2.24) is 14.9 Å². The molecular formula is C20H22N4O3. The highest BCUT2D eigenvalue weighted by molar-refractivity contribution is 5.89. The summed E-state index contributed by atoms with van der Waals surface area (Å²) in [6.45, 7) is 4.15. The smallest absolute Gasteiger partial charge is 0.331 e. The maximum Gasteiger partial charge on any atom is 0.331 e. The number of ether oxygens (including phenoxy) is 1. The molecule has 3 rings (SSSR count). The van der Waals surface area contributed by atoms with Gasteiger partial charge >= 0.3 is 5.97 Å². The second-order valence-electron chi connectivity index (χ2n) is 6.27. The average Bonchev–Trinajstić information content (AvgIpc) is 2.72. The highest BCUT2D eigenvalue weighted by Crippen LogP contribution is 2.10. The fourth-order valence-corrected chi connectivity index (χ4v) is 2.72. The highest BCUT2D eigenvalue weighted by Gasteiger charge is 2.22. The highest BCUT2D eigenvalue weighted by atomic mass is 16.5. The first kappa shape index (κ1) is 18.6. The summed E-state index contributed by atoms with van der Waals surface area (Å²) >= 11 is 0. The van der Waals surface area contributed by atoms with Gasteiger partial charge in [0.05, 0.1) is 0 Å². The topological polar surface area (TPSA) is 75.6 Å². The van der Waals surface area contributed by atoms with Crippen LogP contribution in [0.3, 0.4) is 0 Å². The van der Waals surface area contributed by atoms with Crippen LogP contribution in [0.2, 0.25) is 0 Å². The molecule has 0 saturated carbocycles. The van der Waals surface area contributed by atoms with Crippen molar-refractivity contribution in [1.29, 1.82) is 0 Å². The Hall–Kier alpha value is -3.22. The Morgan fingerprint density at radius 1 is 1.07 bits per heavy atom. The molecule has 0 spiro atoms. The quantitative estimate of drug-likeness (QED) is 0.592. The monoisotopic (exact) mass is 366 g/mol. The first-order chi connectivity index (χ1) is 13.1. The standard InChI is InChI=1S/C20H22N4O3/c1-16-3-5-17(6-4-16)7-8-19(26)27-15-18(25)23-11-13-24(14-12-23)20-21-9-2-10-22-20/h2-10H,11-15H2,1H3/b8-7+. The van der Waals surface area contributed by atoms with E-state index in [1.54, 1.807) is 29.4 Å². The zero-order valence-electron chi connectivity index (χ0n) is 15.2. The third-order valence-corrected chi connectivity index (χ3v) is 4.29. The van der Waals surface area contributed by atoms with Crippen molar-refractivity contribution in [2.45, 2.75) is 6.92 Å². The Morgan fingerprint density at radius 3 is 2.41 bits per heavy atom. The number of amides is 1. The van der Waals surface area contributed by atoms with Gasteiger partial charge in [-0.05, 0) is 24.6 Å². The van der Waals surface area contributed by atoms with Gasteiger partial charge in [-0.2, -0.15) is 0 Å². The first-order valence-corrected chi connectivity index (χ1v) is 8.83. The van der Waals surface area contributed by atoms with Crippen LogP contribution in [-0.2, 0) is 14.3 Å². The van der Waals surface area contributed by atoms with Crippen molar-refractivity contribution in [3.63, 3.8) is 0 Å². The van der Waals surface area contributed by atoms with E-state index in [1.807, 2.05) is 36.1 Å². The largest absolute Gasteiger partial charge is 0.452 e. The lowest BCUT2D eigenvalue weighted by atomic mass is 10.1. The fourth-order valence-electron chi connectivity index (χ4n) is 2.72. The van der Waals surface area contributed by atoms with Crippen molar-refractivity contribution < 1.29 is 14.3 Å². The fraction of sp³-hybridized carbons (Fsp3) is 0.300. The molecule has 0 radical (unpaired) electrons. The number of anilines is 1. The molecule has 1 aromatic heterocycles. The number of rotatable bonds is 5. The van der Waals surface area contributed by atoms with E-state index in [1.165, 1.54) is 6.08 Å². The van der Waals surface area contributed by atoms with Crippen molar-refractivity contribution in [3.8, 4) is 0 Å². The normalized spacial score (nSPS) is 14.4. The number of hydrogen-bond donors (Lipinski definition) is 0. The predicted molar refractivity (Wildman–Crippen MR) is 102 cm³/mol. The van der Waals surface area contributed by atoms with Crippen LogP contribution in [0, 0.1) is 6.92 Å². The molecule has 2 heterocycles. The van der Waals surface area contributed by atoms with Crippen molar-refractivity contribution in [3.05, 3.63) is 59.9 Å². The molecular weight excluding hydrogens is 344 g/mol. The molecule has 0 atom stereocenters. The average molecular weight is 366 g/mol. The minimum absolute atomic E-state index is 0.194. The molecule has 140 valence electrons. The number of piperazine rings is 1. The number of aryl methyl sites for hydroxylation is 1. The maximum atomic E-state index is 12.2. The molecule has 1 aliphatic heterocycles. The summed E-state index contributed by atoms with van der Waals surface area (Å²) in [5.41, 5.74) is 2.06. The number of hydrogen-bond acceptors (Lipinski definition) is 6. The molecule has 7 heteroatoms. The van der Waals surface area contributed by atoms with E-state index in [0.717, 1.165) is 11.1 Å². The summed E-state index contributed by atoms with van der Waals surface area (Å²) in [5.74, 6) is -0.0572. The van der Waals surface area contributed by atoms with Crippen LogP contribution >= 0.6 is 0 Å². The van der Waals surface area contributed by atoms with E-state index in [9.17, 15) is 9.59 Å².